The maximum atomic E-state index is 9.50. The van der Waals surface area contributed by atoms with Crippen LogP contribution < -0.4 is 5.32 Å². The van der Waals surface area contributed by atoms with Gasteiger partial charge in [0.15, 0.2) is 0 Å². The summed E-state index contributed by atoms with van der Waals surface area (Å²) in [6.45, 7) is 9.60. The lowest BCUT2D eigenvalue weighted by atomic mass is 9.95. The molecule has 1 saturated carbocycles. The Labute approximate surface area is 124 Å². The maximum absolute atomic E-state index is 9.50. The minimum absolute atomic E-state index is 0.110. The quantitative estimate of drug-likeness (QED) is 0.511. The summed E-state index contributed by atoms with van der Waals surface area (Å²) < 4.78 is 11.0. The Morgan fingerprint density at radius 1 is 1.15 bits per heavy atom. The Bertz CT molecular complexity index is 244. The van der Waals surface area contributed by atoms with Gasteiger partial charge >= 0.3 is 0 Å². The molecule has 0 bridgehead atoms. The van der Waals surface area contributed by atoms with E-state index in [0.29, 0.717) is 25.2 Å². The second-order valence-electron chi connectivity index (χ2n) is 6.68. The molecule has 0 aliphatic heterocycles. The molecule has 0 spiro atoms. The van der Waals surface area contributed by atoms with E-state index in [1.807, 2.05) is 0 Å². The molecule has 0 heterocycles. The van der Waals surface area contributed by atoms with Crippen LogP contribution in [0.25, 0.3) is 0 Å². The highest BCUT2D eigenvalue weighted by Crippen LogP contribution is 2.24. The highest BCUT2D eigenvalue weighted by molar-refractivity contribution is 4.92. The first-order valence-electron chi connectivity index (χ1n) is 8.10. The first-order valence-corrected chi connectivity index (χ1v) is 8.10. The highest BCUT2D eigenvalue weighted by atomic mass is 16.5. The van der Waals surface area contributed by atoms with E-state index >= 15 is 0 Å². The molecule has 0 aromatic carbocycles. The zero-order valence-corrected chi connectivity index (χ0v) is 13.5. The highest BCUT2D eigenvalue weighted by Gasteiger charge is 2.31. The van der Waals surface area contributed by atoms with E-state index in [2.05, 4.69) is 26.1 Å². The normalized spacial score (nSPS) is 18.4. The zero-order chi connectivity index (χ0) is 14.8. The van der Waals surface area contributed by atoms with E-state index in [-0.39, 0.29) is 12.1 Å². The van der Waals surface area contributed by atoms with Gasteiger partial charge in [0.05, 0.1) is 19.8 Å². The van der Waals surface area contributed by atoms with Crippen molar-refractivity contribution < 1.29 is 14.6 Å². The first kappa shape index (κ1) is 17.9. The summed E-state index contributed by atoms with van der Waals surface area (Å²) in [6.07, 6.45) is 5.66. The van der Waals surface area contributed by atoms with Crippen molar-refractivity contribution in [2.24, 2.45) is 5.92 Å². The molecule has 0 saturated heterocycles. The summed E-state index contributed by atoms with van der Waals surface area (Å²) >= 11 is 0. The van der Waals surface area contributed by atoms with E-state index in [1.165, 1.54) is 12.8 Å². The smallest absolute Gasteiger partial charge is 0.0700 e. The van der Waals surface area contributed by atoms with Crippen molar-refractivity contribution in [2.45, 2.75) is 64.5 Å². The molecule has 0 amide bonds. The van der Waals surface area contributed by atoms with Gasteiger partial charge in [-0.15, -0.1) is 0 Å². The zero-order valence-electron chi connectivity index (χ0n) is 13.5. The Kier molecular flexibility index (Phi) is 8.69. The van der Waals surface area contributed by atoms with E-state index in [1.54, 1.807) is 0 Å². The lowest BCUT2D eigenvalue weighted by molar-refractivity contribution is 0.0358. The van der Waals surface area contributed by atoms with E-state index < -0.39 is 0 Å². The van der Waals surface area contributed by atoms with Crippen LogP contribution in [0.3, 0.4) is 0 Å². The first-order chi connectivity index (χ1) is 9.56. The topological polar surface area (TPSA) is 50.7 Å². The van der Waals surface area contributed by atoms with Crippen LogP contribution in [0.1, 0.15) is 52.9 Å². The Morgan fingerprint density at radius 3 is 2.45 bits per heavy atom. The van der Waals surface area contributed by atoms with Crippen molar-refractivity contribution in [3.05, 3.63) is 0 Å². The standard InChI is InChI=1S/C16H33NO3/c1-14(2)12-20-11-10-19-9-5-4-8-16(3,13-18)17-15-6-7-15/h14-15,17-18H,4-13H2,1-3H3. The molecule has 120 valence electrons. The summed E-state index contributed by atoms with van der Waals surface area (Å²) in [5.41, 5.74) is -0.110. The van der Waals surface area contributed by atoms with E-state index in [0.717, 1.165) is 32.5 Å². The van der Waals surface area contributed by atoms with Crippen molar-refractivity contribution in [1.82, 2.24) is 5.32 Å². The van der Waals surface area contributed by atoms with Crippen LogP contribution in [0.15, 0.2) is 0 Å². The molecule has 20 heavy (non-hydrogen) atoms. The molecule has 1 fully saturated rings. The molecule has 1 unspecified atom stereocenters. The lowest BCUT2D eigenvalue weighted by Gasteiger charge is -2.29. The fourth-order valence-electron chi connectivity index (χ4n) is 2.18. The Balaban J connectivity index is 1.90. The number of rotatable bonds is 13. The number of ether oxygens (including phenoxy) is 2. The van der Waals surface area contributed by atoms with Crippen molar-refractivity contribution in [2.75, 3.05) is 33.0 Å². The van der Waals surface area contributed by atoms with Crippen molar-refractivity contribution >= 4 is 0 Å². The van der Waals surface area contributed by atoms with E-state index in [4.69, 9.17) is 9.47 Å². The molecule has 0 aromatic rings. The van der Waals surface area contributed by atoms with Crippen LogP contribution in [0, 0.1) is 5.92 Å². The molecule has 1 atom stereocenters. The Morgan fingerprint density at radius 2 is 1.85 bits per heavy atom. The van der Waals surface area contributed by atoms with Gasteiger partial charge in [-0.25, -0.2) is 0 Å². The summed E-state index contributed by atoms with van der Waals surface area (Å²) in [4.78, 5) is 0. The van der Waals surface area contributed by atoms with Crippen LogP contribution in [0.5, 0.6) is 0 Å². The molecule has 4 nitrogen and oxygen atoms in total. The van der Waals surface area contributed by atoms with Crippen LogP contribution in [-0.2, 0) is 9.47 Å². The van der Waals surface area contributed by atoms with Crippen LogP contribution in [0.2, 0.25) is 0 Å². The number of aliphatic hydroxyl groups is 1. The summed E-state index contributed by atoms with van der Waals surface area (Å²) in [7, 11) is 0. The van der Waals surface area contributed by atoms with Crippen LogP contribution in [0.4, 0.5) is 0 Å². The van der Waals surface area contributed by atoms with Crippen molar-refractivity contribution in [1.29, 1.82) is 0 Å². The minimum atomic E-state index is -0.110. The van der Waals surface area contributed by atoms with Gasteiger partial charge in [-0.2, -0.15) is 0 Å². The SMILES string of the molecule is CC(C)COCCOCCCCC(C)(CO)NC1CC1. The molecular formula is C16H33NO3. The fraction of sp³-hybridized carbons (Fsp3) is 1.00. The second kappa shape index (κ2) is 9.72. The van der Waals surface area contributed by atoms with Gasteiger partial charge in [0.25, 0.3) is 0 Å². The predicted octanol–water partition coefficient (Wildman–Crippen LogP) is 2.35. The molecule has 1 rings (SSSR count). The molecule has 4 heteroatoms. The summed E-state index contributed by atoms with van der Waals surface area (Å²) in [5.74, 6) is 0.588. The number of hydrogen-bond acceptors (Lipinski definition) is 4. The molecule has 1 aliphatic rings. The van der Waals surface area contributed by atoms with E-state index in [9.17, 15) is 5.11 Å². The largest absolute Gasteiger partial charge is 0.394 e. The second-order valence-corrected chi connectivity index (χ2v) is 6.68. The molecule has 0 aromatic heterocycles. The number of unbranched alkanes of at least 4 members (excludes halogenated alkanes) is 1. The third-order valence-electron chi connectivity index (χ3n) is 3.57. The summed E-state index contributed by atoms with van der Waals surface area (Å²) in [6, 6.07) is 0.640. The molecule has 2 N–H and O–H groups in total. The predicted molar refractivity (Wildman–Crippen MR) is 82.0 cm³/mol. The Hall–Kier alpha value is -0.160. The maximum Gasteiger partial charge on any atom is 0.0700 e. The average molecular weight is 287 g/mol. The monoisotopic (exact) mass is 287 g/mol. The molecular weight excluding hydrogens is 254 g/mol. The van der Waals surface area contributed by atoms with Crippen molar-refractivity contribution in [3.8, 4) is 0 Å². The number of aliphatic hydroxyl groups excluding tert-OH is 1. The third-order valence-corrected chi connectivity index (χ3v) is 3.57. The van der Waals surface area contributed by atoms with Gasteiger partial charge in [-0.05, 0) is 44.9 Å². The number of hydrogen-bond donors (Lipinski definition) is 2. The van der Waals surface area contributed by atoms with Gasteiger partial charge in [-0.1, -0.05) is 13.8 Å². The molecule has 1 aliphatic carbocycles. The van der Waals surface area contributed by atoms with Gasteiger partial charge in [0, 0.05) is 24.8 Å². The molecule has 0 radical (unpaired) electrons. The minimum Gasteiger partial charge on any atom is -0.394 e. The number of nitrogens with one attached hydrogen (secondary N) is 1. The average Bonchev–Trinajstić information content (AvgIpc) is 3.20. The third kappa shape index (κ3) is 8.90. The van der Waals surface area contributed by atoms with Crippen LogP contribution >= 0.6 is 0 Å². The summed E-state index contributed by atoms with van der Waals surface area (Å²) in [5, 5.41) is 13.0. The van der Waals surface area contributed by atoms with Crippen LogP contribution in [-0.4, -0.2) is 49.7 Å². The van der Waals surface area contributed by atoms with Gasteiger partial charge < -0.3 is 19.9 Å². The fourth-order valence-corrected chi connectivity index (χ4v) is 2.18. The van der Waals surface area contributed by atoms with Crippen molar-refractivity contribution in [3.63, 3.8) is 0 Å². The van der Waals surface area contributed by atoms with Gasteiger partial charge in [0.2, 0.25) is 0 Å². The lowest BCUT2D eigenvalue weighted by Crippen LogP contribution is -2.46. The van der Waals surface area contributed by atoms with Gasteiger partial charge in [-0.3, -0.25) is 0 Å². The van der Waals surface area contributed by atoms with Gasteiger partial charge in [0.1, 0.15) is 0 Å².